The van der Waals surface area contributed by atoms with Gasteiger partial charge in [-0.05, 0) is 31.4 Å². The lowest BCUT2D eigenvalue weighted by Gasteiger charge is -2.19. The van der Waals surface area contributed by atoms with Crippen molar-refractivity contribution in [3.8, 4) is 23.5 Å². The van der Waals surface area contributed by atoms with E-state index in [4.69, 9.17) is 19.9 Å². The highest BCUT2D eigenvalue weighted by Crippen LogP contribution is 2.33. The number of aromatic nitrogens is 1. The summed E-state index contributed by atoms with van der Waals surface area (Å²) in [6.45, 7) is 3.26. The number of fused-ring (bicyclic) bond motifs is 1. The summed E-state index contributed by atoms with van der Waals surface area (Å²) < 4.78 is 30.9. The molecule has 1 aromatic heterocycles. The molecule has 8 nitrogen and oxygen atoms in total. The standard InChI is InChI=1S/C25H28FN3O5/c1-3-16-20(29-24(31)22(16)26)13-34-25-18-11-21(32-2)19(23(27)30)10-17(18)15(12-28-25)5-4-14-6-8-33-9-7-14/h10-12,14,16,20,22H,3,6-9,13H2,1-2H3,(H2,27,30)(H,29,31)/t16-,20+,22-/m0/s1. The third-order valence-corrected chi connectivity index (χ3v) is 6.41. The number of primary amides is 1. The fraction of sp³-hybridized carbons (Fsp3) is 0.480. The van der Waals surface area contributed by atoms with Gasteiger partial charge < -0.3 is 25.3 Å². The van der Waals surface area contributed by atoms with E-state index in [2.05, 4.69) is 22.1 Å². The van der Waals surface area contributed by atoms with E-state index in [0.717, 1.165) is 12.8 Å². The number of nitrogens with zero attached hydrogens (tertiary/aromatic N) is 1. The number of alkyl halides is 1. The number of ether oxygens (including phenoxy) is 3. The van der Waals surface area contributed by atoms with Crippen molar-refractivity contribution in [1.82, 2.24) is 10.3 Å². The summed E-state index contributed by atoms with van der Waals surface area (Å²) in [6, 6.07) is 2.80. The average Bonchev–Trinajstić information content (AvgIpc) is 3.13. The van der Waals surface area contributed by atoms with Crippen LogP contribution in [0.5, 0.6) is 11.6 Å². The molecule has 0 unspecified atom stereocenters. The zero-order chi connectivity index (χ0) is 24.2. The smallest absolute Gasteiger partial charge is 0.255 e. The van der Waals surface area contributed by atoms with Gasteiger partial charge in [0.2, 0.25) is 5.88 Å². The van der Waals surface area contributed by atoms with Crippen LogP contribution in [0.25, 0.3) is 10.8 Å². The lowest BCUT2D eigenvalue weighted by Crippen LogP contribution is -2.34. The van der Waals surface area contributed by atoms with Crippen LogP contribution in [0.4, 0.5) is 4.39 Å². The van der Waals surface area contributed by atoms with E-state index in [1.54, 1.807) is 18.3 Å². The summed E-state index contributed by atoms with van der Waals surface area (Å²) >= 11 is 0. The Hall–Kier alpha value is -3.38. The molecule has 0 spiro atoms. The molecule has 0 radical (unpaired) electrons. The third-order valence-electron chi connectivity index (χ3n) is 6.41. The Balaban J connectivity index is 1.70. The lowest BCUT2D eigenvalue weighted by molar-refractivity contribution is -0.123. The predicted molar refractivity (Wildman–Crippen MR) is 123 cm³/mol. The zero-order valence-electron chi connectivity index (χ0n) is 19.2. The summed E-state index contributed by atoms with van der Waals surface area (Å²) in [5.74, 6) is 5.52. The number of hydrogen-bond acceptors (Lipinski definition) is 6. The maximum atomic E-state index is 14.2. The highest BCUT2D eigenvalue weighted by Gasteiger charge is 2.41. The first-order valence-corrected chi connectivity index (χ1v) is 11.4. The quantitative estimate of drug-likeness (QED) is 0.628. The summed E-state index contributed by atoms with van der Waals surface area (Å²) in [5, 5.41) is 3.87. The second-order valence-corrected chi connectivity index (χ2v) is 8.50. The molecule has 2 fully saturated rings. The SMILES string of the molecule is CC[C@@H]1[C@H](F)C(=O)N[C@@H]1COc1ncc(C#CC2CCOCC2)c2cc(C(N)=O)c(OC)cc12. The summed E-state index contributed by atoms with van der Waals surface area (Å²) in [7, 11) is 1.44. The number of benzene rings is 1. The van der Waals surface area contributed by atoms with Gasteiger partial charge in [-0.25, -0.2) is 9.37 Å². The van der Waals surface area contributed by atoms with Crippen molar-refractivity contribution in [3.63, 3.8) is 0 Å². The topological polar surface area (TPSA) is 113 Å². The summed E-state index contributed by atoms with van der Waals surface area (Å²) in [5.41, 5.74) is 6.41. The van der Waals surface area contributed by atoms with Gasteiger partial charge in [-0.2, -0.15) is 0 Å². The molecule has 0 aliphatic carbocycles. The monoisotopic (exact) mass is 469 g/mol. The number of hydrogen-bond donors (Lipinski definition) is 2. The number of amides is 2. The highest BCUT2D eigenvalue weighted by atomic mass is 19.1. The van der Waals surface area contributed by atoms with E-state index in [0.29, 0.717) is 36.0 Å². The maximum Gasteiger partial charge on any atom is 0.255 e. The first-order chi connectivity index (χ1) is 16.4. The van der Waals surface area contributed by atoms with Gasteiger partial charge in [-0.15, -0.1) is 0 Å². The molecular formula is C25H28FN3O5. The summed E-state index contributed by atoms with van der Waals surface area (Å²) in [4.78, 5) is 28.2. The van der Waals surface area contributed by atoms with Gasteiger partial charge in [0.05, 0.1) is 24.3 Å². The molecule has 34 heavy (non-hydrogen) atoms. The van der Waals surface area contributed by atoms with E-state index in [9.17, 15) is 14.0 Å². The molecule has 1 aromatic carbocycles. The Kier molecular flexibility index (Phi) is 7.17. The molecular weight excluding hydrogens is 441 g/mol. The molecule has 9 heteroatoms. The molecule has 4 rings (SSSR count). The number of pyridine rings is 1. The molecule has 2 amide bonds. The number of rotatable bonds is 6. The van der Waals surface area contributed by atoms with Gasteiger partial charge in [0.1, 0.15) is 12.4 Å². The molecule has 2 aliphatic rings. The van der Waals surface area contributed by atoms with Gasteiger partial charge >= 0.3 is 0 Å². The van der Waals surface area contributed by atoms with E-state index in [1.165, 1.54) is 7.11 Å². The van der Waals surface area contributed by atoms with Crippen LogP contribution >= 0.6 is 0 Å². The van der Waals surface area contributed by atoms with Crippen LogP contribution in [0.1, 0.15) is 42.1 Å². The van der Waals surface area contributed by atoms with Gasteiger partial charge in [0, 0.05) is 42.0 Å². The molecule has 2 saturated heterocycles. The fourth-order valence-corrected chi connectivity index (χ4v) is 4.43. The second kappa shape index (κ2) is 10.3. The largest absolute Gasteiger partial charge is 0.496 e. The van der Waals surface area contributed by atoms with Crippen molar-refractivity contribution in [2.24, 2.45) is 17.6 Å². The van der Waals surface area contributed by atoms with Crippen LogP contribution in [-0.2, 0) is 9.53 Å². The Morgan fingerprint density at radius 3 is 2.76 bits per heavy atom. The normalized spacial score (nSPS) is 22.7. The Morgan fingerprint density at radius 1 is 1.32 bits per heavy atom. The minimum atomic E-state index is -1.55. The van der Waals surface area contributed by atoms with Crippen LogP contribution in [0, 0.1) is 23.7 Å². The molecule has 3 atom stereocenters. The molecule has 3 N–H and O–H groups in total. The highest BCUT2D eigenvalue weighted by molar-refractivity contribution is 6.03. The van der Waals surface area contributed by atoms with Crippen molar-refractivity contribution in [2.75, 3.05) is 26.9 Å². The van der Waals surface area contributed by atoms with Crippen LogP contribution < -0.4 is 20.5 Å². The van der Waals surface area contributed by atoms with Crippen molar-refractivity contribution in [1.29, 1.82) is 0 Å². The molecule has 180 valence electrons. The Morgan fingerprint density at radius 2 is 2.09 bits per heavy atom. The van der Waals surface area contributed by atoms with Crippen LogP contribution in [0.15, 0.2) is 18.3 Å². The van der Waals surface area contributed by atoms with Gasteiger partial charge in [-0.1, -0.05) is 18.8 Å². The molecule has 3 heterocycles. The third kappa shape index (κ3) is 4.77. The zero-order valence-corrected chi connectivity index (χ0v) is 19.2. The van der Waals surface area contributed by atoms with Gasteiger partial charge in [-0.3, -0.25) is 9.59 Å². The minimum Gasteiger partial charge on any atom is -0.496 e. The van der Waals surface area contributed by atoms with Crippen molar-refractivity contribution in [3.05, 3.63) is 29.5 Å². The van der Waals surface area contributed by atoms with Crippen LogP contribution in [0.3, 0.4) is 0 Å². The Labute approximate surface area is 197 Å². The number of carbonyl (C=O) groups excluding carboxylic acids is 2. The molecule has 2 aromatic rings. The fourth-order valence-electron chi connectivity index (χ4n) is 4.43. The lowest BCUT2D eigenvalue weighted by atomic mass is 9.97. The first kappa shape index (κ1) is 23.8. The summed E-state index contributed by atoms with van der Waals surface area (Å²) in [6.07, 6.45) is 2.26. The van der Waals surface area contributed by atoms with E-state index >= 15 is 0 Å². The second-order valence-electron chi connectivity index (χ2n) is 8.50. The van der Waals surface area contributed by atoms with Crippen LogP contribution in [0.2, 0.25) is 0 Å². The van der Waals surface area contributed by atoms with E-state index in [-0.39, 0.29) is 29.7 Å². The van der Waals surface area contributed by atoms with E-state index < -0.39 is 29.9 Å². The van der Waals surface area contributed by atoms with Crippen molar-refractivity contribution in [2.45, 2.75) is 38.4 Å². The maximum absolute atomic E-state index is 14.2. The van der Waals surface area contributed by atoms with Gasteiger partial charge in [0.15, 0.2) is 6.17 Å². The molecule has 0 saturated carbocycles. The minimum absolute atomic E-state index is 0.0553. The van der Waals surface area contributed by atoms with Gasteiger partial charge in [0.25, 0.3) is 11.8 Å². The first-order valence-electron chi connectivity index (χ1n) is 11.4. The van der Waals surface area contributed by atoms with E-state index in [1.807, 2.05) is 6.92 Å². The predicted octanol–water partition coefficient (Wildman–Crippen LogP) is 2.36. The number of methoxy groups -OCH3 is 1. The van der Waals surface area contributed by atoms with Crippen LogP contribution in [-0.4, -0.2) is 55.9 Å². The Bertz CT molecular complexity index is 1150. The average molecular weight is 470 g/mol. The number of halogens is 1. The van der Waals surface area contributed by atoms with Crippen molar-refractivity contribution < 1.29 is 28.2 Å². The number of nitrogens with one attached hydrogen (secondary N) is 1. The number of nitrogens with two attached hydrogens (primary N) is 1. The molecule has 0 bridgehead atoms. The van der Waals surface area contributed by atoms with Crippen molar-refractivity contribution >= 4 is 22.6 Å². The molecule has 2 aliphatic heterocycles. The number of carbonyl (C=O) groups is 2.